The molecule has 0 aliphatic heterocycles. The van der Waals surface area contributed by atoms with Gasteiger partial charge in [-0.3, -0.25) is 0 Å². The molecule has 3 heteroatoms. The summed E-state index contributed by atoms with van der Waals surface area (Å²) in [5, 5.41) is 1.15. The highest BCUT2D eigenvalue weighted by Crippen LogP contribution is 2.20. The van der Waals surface area contributed by atoms with Crippen LogP contribution in [-0.4, -0.2) is 26.0 Å². The number of halogens is 1. The summed E-state index contributed by atoms with van der Waals surface area (Å²) in [6, 6.07) is 8.28. The van der Waals surface area contributed by atoms with Crippen molar-refractivity contribution in [2.24, 2.45) is 0 Å². The van der Waals surface area contributed by atoms with Crippen molar-refractivity contribution in [2.45, 2.75) is 44.9 Å². The van der Waals surface area contributed by atoms with E-state index in [4.69, 9.17) is 4.74 Å². The Balaban J connectivity index is 2.12. The van der Waals surface area contributed by atoms with Gasteiger partial charge >= 0.3 is 0 Å². The van der Waals surface area contributed by atoms with Crippen molar-refractivity contribution >= 4 is 21.6 Å². The molecule has 0 radical (unpaired) electrons. The van der Waals surface area contributed by atoms with Crippen molar-refractivity contribution in [1.82, 2.24) is 0 Å². The summed E-state index contributed by atoms with van der Waals surface area (Å²) in [6.07, 6.45) is 9.43. The second-order valence-electron chi connectivity index (χ2n) is 5.29. The first-order valence-electron chi connectivity index (χ1n) is 7.69. The monoisotopic (exact) mass is 341 g/mol. The minimum Gasteiger partial charge on any atom is -0.497 e. The molecule has 114 valence electrons. The van der Waals surface area contributed by atoms with Gasteiger partial charge in [0.1, 0.15) is 5.75 Å². The summed E-state index contributed by atoms with van der Waals surface area (Å²) in [4.78, 5) is 2.31. The molecular weight excluding hydrogens is 314 g/mol. The standard InChI is InChI=1S/C17H28BrNO/c1-19(16-11-10-12-17(15-16)20-2)14-9-7-5-3-4-6-8-13-18/h10-12,15H,3-9,13-14H2,1-2H3. The summed E-state index contributed by atoms with van der Waals surface area (Å²) in [5.74, 6) is 0.932. The number of alkyl halides is 1. The summed E-state index contributed by atoms with van der Waals surface area (Å²) in [6.45, 7) is 1.12. The molecule has 0 fully saturated rings. The molecule has 1 aromatic carbocycles. The molecule has 0 aliphatic rings. The molecule has 0 N–H and O–H groups in total. The fourth-order valence-corrected chi connectivity index (χ4v) is 2.70. The van der Waals surface area contributed by atoms with E-state index in [1.165, 1.54) is 50.6 Å². The largest absolute Gasteiger partial charge is 0.497 e. The first-order valence-corrected chi connectivity index (χ1v) is 8.81. The fraction of sp³-hybridized carbons (Fsp3) is 0.647. The second-order valence-corrected chi connectivity index (χ2v) is 6.08. The lowest BCUT2D eigenvalue weighted by atomic mass is 10.1. The molecule has 1 rings (SSSR count). The Labute approximate surface area is 132 Å². The lowest BCUT2D eigenvalue weighted by Gasteiger charge is -2.19. The van der Waals surface area contributed by atoms with Gasteiger partial charge in [0.15, 0.2) is 0 Å². The van der Waals surface area contributed by atoms with Crippen molar-refractivity contribution in [1.29, 1.82) is 0 Å². The number of anilines is 1. The van der Waals surface area contributed by atoms with Crippen LogP contribution < -0.4 is 9.64 Å². The molecular formula is C17H28BrNO. The van der Waals surface area contributed by atoms with E-state index in [0.717, 1.165) is 17.6 Å². The number of unbranched alkanes of at least 4 members (excludes halogenated alkanes) is 6. The SMILES string of the molecule is COc1cccc(N(C)CCCCCCCCCBr)c1. The number of ether oxygens (including phenoxy) is 1. The number of methoxy groups -OCH3 is 1. The highest BCUT2D eigenvalue weighted by Gasteiger charge is 2.02. The average molecular weight is 342 g/mol. The van der Waals surface area contributed by atoms with Gasteiger partial charge in [0.05, 0.1) is 7.11 Å². The molecule has 0 atom stereocenters. The van der Waals surface area contributed by atoms with Gasteiger partial charge in [-0.2, -0.15) is 0 Å². The van der Waals surface area contributed by atoms with Crippen molar-refractivity contribution in [2.75, 3.05) is 30.9 Å². The number of hydrogen-bond acceptors (Lipinski definition) is 2. The summed E-state index contributed by atoms with van der Waals surface area (Å²) in [5.41, 5.74) is 1.24. The van der Waals surface area contributed by atoms with E-state index in [-0.39, 0.29) is 0 Å². The summed E-state index contributed by atoms with van der Waals surface area (Å²) >= 11 is 3.48. The Morgan fingerprint density at radius 3 is 2.30 bits per heavy atom. The zero-order valence-electron chi connectivity index (χ0n) is 12.9. The Kier molecular flexibility index (Phi) is 9.56. The quantitative estimate of drug-likeness (QED) is 0.402. The molecule has 0 heterocycles. The van der Waals surface area contributed by atoms with Crippen LogP contribution in [0.25, 0.3) is 0 Å². The van der Waals surface area contributed by atoms with Gasteiger partial charge in [-0.25, -0.2) is 0 Å². The third-order valence-electron chi connectivity index (χ3n) is 3.62. The van der Waals surface area contributed by atoms with Crippen molar-refractivity contribution in [3.8, 4) is 5.75 Å². The maximum atomic E-state index is 5.26. The van der Waals surface area contributed by atoms with Crippen LogP contribution in [0.4, 0.5) is 5.69 Å². The summed E-state index contributed by atoms with van der Waals surface area (Å²) < 4.78 is 5.26. The first kappa shape index (κ1) is 17.4. The van der Waals surface area contributed by atoms with Crippen LogP contribution in [0, 0.1) is 0 Å². The van der Waals surface area contributed by atoms with Gasteiger partial charge in [0.2, 0.25) is 0 Å². The van der Waals surface area contributed by atoms with Crippen LogP contribution in [0.5, 0.6) is 5.75 Å². The van der Waals surface area contributed by atoms with Gasteiger partial charge < -0.3 is 9.64 Å². The van der Waals surface area contributed by atoms with Crippen molar-refractivity contribution in [3.63, 3.8) is 0 Å². The normalized spacial score (nSPS) is 10.6. The van der Waals surface area contributed by atoms with Crippen LogP contribution in [0.1, 0.15) is 44.9 Å². The molecule has 20 heavy (non-hydrogen) atoms. The Hall–Kier alpha value is -0.700. The maximum Gasteiger partial charge on any atom is 0.120 e. The minimum atomic E-state index is 0.932. The topological polar surface area (TPSA) is 12.5 Å². The number of benzene rings is 1. The molecule has 0 unspecified atom stereocenters. The van der Waals surface area contributed by atoms with E-state index in [9.17, 15) is 0 Å². The van der Waals surface area contributed by atoms with Crippen LogP contribution >= 0.6 is 15.9 Å². The van der Waals surface area contributed by atoms with Gasteiger partial charge in [-0.05, 0) is 25.0 Å². The Bertz CT molecular complexity index is 357. The predicted molar refractivity (Wildman–Crippen MR) is 92.4 cm³/mol. The van der Waals surface area contributed by atoms with Crippen molar-refractivity contribution in [3.05, 3.63) is 24.3 Å². The second kappa shape index (κ2) is 11.0. The van der Waals surface area contributed by atoms with E-state index < -0.39 is 0 Å². The lowest BCUT2D eigenvalue weighted by molar-refractivity contribution is 0.415. The lowest BCUT2D eigenvalue weighted by Crippen LogP contribution is -2.18. The van der Waals surface area contributed by atoms with Gasteiger partial charge in [0, 0.05) is 30.7 Å². The third-order valence-corrected chi connectivity index (χ3v) is 4.18. The fourth-order valence-electron chi connectivity index (χ4n) is 2.30. The summed E-state index contributed by atoms with van der Waals surface area (Å²) in [7, 11) is 3.87. The smallest absolute Gasteiger partial charge is 0.120 e. The van der Waals surface area contributed by atoms with Gasteiger partial charge in [0.25, 0.3) is 0 Å². The number of nitrogens with zero attached hydrogens (tertiary/aromatic N) is 1. The molecule has 0 amide bonds. The first-order chi connectivity index (χ1) is 9.77. The molecule has 0 bridgehead atoms. The molecule has 0 spiro atoms. The van der Waals surface area contributed by atoms with Crippen molar-refractivity contribution < 1.29 is 4.74 Å². The maximum absolute atomic E-state index is 5.26. The zero-order valence-corrected chi connectivity index (χ0v) is 14.5. The molecule has 0 saturated heterocycles. The minimum absolute atomic E-state index is 0.932. The van der Waals surface area contributed by atoms with E-state index in [0.29, 0.717) is 0 Å². The van der Waals surface area contributed by atoms with Gasteiger partial charge in [-0.15, -0.1) is 0 Å². The van der Waals surface area contributed by atoms with E-state index >= 15 is 0 Å². The van der Waals surface area contributed by atoms with Crippen LogP contribution in [0.2, 0.25) is 0 Å². The number of hydrogen-bond donors (Lipinski definition) is 0. The van der Waals surface area contributed by atoms with Crippen LogP contribution in [0.3, 0.4) is 0 Å². The van der Waals surface area contributed by atoms with Crippen LogP contribution in [0.15, 0.2) is 24.3 Å². The van der Waals surface area contributed by atoms with E-state index in [1.807, 2.05) is 6.07 Å². The average Bonchev–Trinajstić information content (AvgIpc) is 2.49. The van der Waals surface area contributed by atoms with E-state index in [1.54, 1.807) is 7.11 Å². The highest BCUT2D eigenvalue weighted by molar-refractivity contribution is 9.09. The molecule has 0 saturated carbocycles. The number of rotatable bonds is 11. The van der Waals surface area contributed by atoms with E-state index in [2.05, 4.69) is 46.1 Å². The van der Waals surface area contributed by atoms with Crippen LogP contribution in [-0.2, 0) is 0 Å². The molecule has 0 aliphatic carbocycles. The third kappa shape index (κ3) is 7.18. The van der Waals surface area contributed by atoms with Gasteiger partial charge in [-0.1, -0.05) is 54.1 Å². The highest BCUT2D eigenvalue weighted by atomic mass is 79.9. The Morgan fingerprint density at radius 1 is 1.00 bits per heavy atom. The molecule has 1 aromatic rings. The molecule has 0 aromatic heterocycles. The zero-order chi connectivity index (χ0) is 14.6. The molecule has 2 nitrogen and oxygen atoms in total. The Morgan fingerprint density at radius 2 is 1.65 bits per heavy atom. The predicted octanol–water partition coefficient (Wildman–Crippen LogP) is 5.26.